The van der Waals surface area contributed by atoms with E-state index in [2.05, 4.69) is 0 Å². The fourth-order valence-electron chi connectivity index (χ4n) is 2.81. The predicted molar refractivity (Wildman–Crippen MR) is 89.9 cm³/mol. The van der Waals surface area contributed by atoms with Crippen molar-refractivity contribution in [1.29, 1.82) is 0 Å². The van der Waals surface area contributed by atoms with Crippen LogP contribution in [0, 0.1) is 10.1 Å². The number of benzene rings is 2. The molecule has 2 aromatic carbocycles. The van der Waals surface area contributed by atoms with Gasteiger partial charge in [0.15, 0.2) is 4.90 Å². The molecule has 0 bridgehead atoms. The summed E-state index contributed by atoms with van der Waals surface area (Å²) in [5.41, 5.74) is 0.425. The number of para-hydroxylation sites is 1. The smallest absolute Gasteiger partial charge is 0.258 e. The first-order valence-electron chi connectivity index (χ1n) is 7.48. The van der Waals surface area contributed by atoms with Gasteiger partial charge >= 0.3 is 0 Å². The molecule has 0 radical (unpaired) electrons. The third-order valence-electron chi connectivity index (χ3n) is 3.93. The van der Waals surface area contributed by atoms with E-state index in [-0.39, 0.29) is 11.4 Å². The van der Waals surface area contributed by atoms with E-state index in [1.807, 2.05) is 42.5 Å². The molecule has 0 aromatic heterocycles. The number of hydrogen-bond acceptors (Lipinski definition) is 4. The Hall–Kier alpha value is -2.51. The summed E-state index contributed by atoms with van der Waals surface area (Å²) in [5.74, 6) is 0. The second-order valence-electron chi connectivity index (χ2n) is 5.41. The lowest BCUT2D eigenvalue weighted by atomic mass is 10.0. The van der Waals surface area contributed by atoms with E-state index in [0.29, 0.717) is 6.42 Å². The third kappa shape index (κ3) is 2.95. The predicted octanol–water partition coefficient (Wildman–Crippen LogP) is 3.29. The Morgan fingerprint density at radius 3 is 2.42 bits per heavy atom. The van der Waals surface area contributed by atoms with Gasteiger partial charge in [-0.05, 0) is 18.1 Å². The average Bonchev–Trinajstić information content (AvgIpc) is 2.62. The minimum atomic E-state index is -3.99. The first-order chi connectivity index (χ1) is 11.5. The number of sulfonamides is 1. The van der Waals surface area contributed by atoms with Crippen molar-refractivity contribution < 1.29 is 13.3 Å². The molecule has 2 aromatic rings. The Morgan fingerprint density at radius 2 is 1.71 bits per heavy atom. The second-order valence-corrected chi connectivity index (χ2v) is 7.27. The molecule has 7 heteroatoms. The summed E-state index contributed by atoms with van der Waals surface area (Å²) < 4.78 is 27.5. The van der Waals surface area contributed by atoms with Crippen LogP contribution in [0.1, 0.15) is 18.0 Å². The highest BCUT2D eigenvalue weighted by Crippen LogP contribution is 2.34. The highest BCUT2D eigenvalue weighted by atomic mass is 32.2. The van der Waals surface area contributed by atoms with E-state index in [1.54, 1.807) is 0 Å². The van der Waals surface area contributed by atoms with Gasteiger partial charge in [-0.1, -0.05) is 54.6 Å². The zero-order chi connectivity index (χ0) is 17.2. The molecule has 1 unspecified atom stereocenters. The van der Waals surface area contributed by atoms with Crippen LogP contribution in [-0.2, 0) is 10.0 Å². The SMILES string of the molecule is O=[N+]([O-])c1ccccc1S(=O)(=O)N1CCC=CC1c1ccccc1. The summed E-state index contributed by atoms with van der Waals surface area (Å²) in [6.45, 7) is 0.282. The van der Waals surface area contributed by atoms with E-state index in [9.17, 15) is 18.5 Å². The van der Waals surface area contributed by atoms with Gasteiger partial charge in [-0.3, -0.25) is 10.1 Å². The van der Waals surface area contributed by atoms with E-state index < -0.39 is 26.7 Å². The summed E-state index contributed by atoms with van der Waals surface area (Å²) in [4.78, 5) is 10.3. The zero-order valence-electron chi connectivity index (χ0n) is 12.8. The molecular weight excluding hydrogens is 328 g/mol. The molecule has 1 heterocycles. The van der Waals surface area contributed by atoms with Gasteiger partial charge in [0.1, 0.15) is 0 Å². The molecule has 1 aliphatic rings. The van der Waals surface area contributed by atoms with Crippen molar-refractivity contribution in [3.8, 4) is 0 Å². The van der Waals surface area contributed by atoms with Crippen LogP contribution in [0.2, 0.25) is 0 Å². The average molecular weight is 344 g/mol. The maximum absolute atomic E-state index is 13.1. The second kappa shape index (κ2) is 6.54. The molecular formula is C17H16N2O4S. The Morgan fingerprint density at radius 1 is 1.04 bits per heavy atom. The van der Waals surface area contributed by atoms with Gasteiger partial charge in [-0.15, -0.1) is 0 Å². The van der Waals surface area contributed by atoms with Crippen LogP contribution in [0.4, 0.5) is 5.69 Å². The topological polar surface area (TPSA) is 80.5 Å². The van der Waals surface area contributed by atoms with Gasteiger partial charge in [0.25, 0.3) is 15.7 Å². The van der Waals surface area contributed by atoms with E-state index in [4.69, 9.17) is 0 Å². The molecule has 1 atom stereocenters. The number of rotatable bonds is 4. The molecule has 0 saturated carbocycles. The van der Waals surface area contributed by atoms with Crippen LogP contribution in [0.5, 0.6) is 0 Å². The quantitative estimate of drug-likeness (QED) is 0.484. The number of nitro groups is 1. The van der Waals surface area contributed by atoms with Crippen LogP contribution < -0.4 is 0 Å². The van der Waals surface area contributed by atoms with E-state index >= 15 is 0 Å². The van der Waals surface area contributed by atoms with Crippen molar-refractivity contribution in [2.24, 2.45) is 0 Å². The van der Waals surface area contributed by atoms with Crippen LogP contribution in [0.3, 0.4) is 0 Å². The van der Waals surface area contributed by atoms with Crippen LogP contribution in [0.15, 0.2) is 71.6 Å². The van der Waals surface area contributed by atoms with Gasteiger partial charge < -0.3 is 0 Å². The monoisotopic (exact) mass is 344 g/mol. The van der Waals surface area contributed by atoms with Crippen LogP contribution in [-0.4, -0.2) is 24.2 Å². The van der Waals surface area contributed by atoms with Gasteiger partial charge in [-0.25, -0.2) is 8.42 Å². The maximum atomic E-state index is 13.1. The number of nitrogens with zero attached hydrogens (tertiary/aromatic N) is 2. The number of nitro benzene ring substituents is 1. The summed E-state index contributed by atoms with van der Waals surface area (Å²) in [6.07, 6.45) is 4.33. The molecule has 1 aliphatic heterocycles. The summed E-state index contributed by atoms with van der Waals surface area (Å²) >= 11 is 0. The normalized spacial score (nSPS) is 18.4. The molecule has 24 heavy (non-hydrogen) atoms. The summed E-state index contributed by atoms with van der Waals surface area (Å²) in [6, 6.07) is 14.2. The van der Waals surface area contributed by atoms with Crippen molar-refractivity contribution in [2.45, 2.75) is 17.4 Å². The molecule has 124 valence electrons. The lowest BCUT2D eigenvalue weighted by molar-refractivity contribution is -0.387. The Balaban J connectivity index is 2.09. The standard InChI is InChI=1S/C17H16N2O4S/c20-19(21)16-11-4-5-12-17(16)24(22,23)18-13-7-6-10-15(18)14-8-2-1-3-9-14/h1-6,8-12,15H,7,13H2. The molecule has 0 saturated heterocycles. The van der Waals surface area contributed by atoms with Crippen molar-refractivity contribution in [3.63, 3.8) is 0 Å². The molecule has 0 amide bonds. The molecule has 0 spiro atoms. The first kappa shape index (κ1) is 16.4. The van der Waals surface area contributed by atoms with E-state index in [0.717, 1.165) is 5.56 Å². The molecule has 6 nitrogen and oxygen atoms in total. The summed E-state index contributed by atoms with van der Waals surface area (Å²) in [5, 5.41) is 11.2. The Kier molecular flexibility index (Phi) is 4.46. The largest absolute Gasteiger partial charge is 0.289 e. The highest BCUT2D eigenvalue weighted by Gasteiger charge is 2.36. The molecule has 0 fully saturated rings. The Labute approximate surface area is 140 Å². The highest BCUT2D eigenvalue weighted by molar-refractivity contribution is 7.89. The van der Waals surface area contributed by atoms with E-state index in [1.165, 1.54) is 28.6 Å². The van der Waals surface area contributed by atoms with Gasteiger partial charge in [-0.2, -0.15) is 4.31 Å². The molecule has 0 aliphatic carbocycles. The third-order valence-corrected chi connectivity index (χ3v) is 5.86. The van der Waals surface area contributed by atoms with Gasteiger partial charge in [0.2, 0.25) is 0 Å². The molecule has 0 N–H and O–H groups in total. The zero-order valence-corrected chi connectivity index (χ0v) is 13.6. The van der Waals surface area contributed by atoms with Crippen LogP contribution >= 0.6 is 0 Å². The lowest BCUT2D eigenvalue weighted by Crippen LogP contribution is -2.36. The summed E-state index contributed by atoms with van der Waals surface area (Å²) in [7, 11) is -3.99. The van der Waals surface area contributed by atoms with Crippen molar-refractivity contribution in [1.82, 2.24) is 4.31 Å². The van der Waals surface area contributed by atoms with Crippen molar-refractivity contribution >= 4 is 15.7 Å². The van der Waals surface area contributed by atoms with Gasteiger partial charge in [0, 0.05) is 12.6 Å². The van der Waals surface area contributed by atoms with Crippen molar-refractivity contribution in [2.75, 3.05) is 6.54 Å². The fraction of sp³-hybridized carbons (Fsp3) is 0.176. The molecule has 3 rings (SSSR count). The minimum absolute atomic E-state index is 0.272. The number of hydrogen-bond donors (Lipinski definition) is 0. The fourth-order valence-corrected chi connectivity index (χ4v) is 4.56. The maximum Gasteiger partial charge on any atom is 0.289 e. The minimum Gasteiger partial charge on any atom is -0.258 e. The Bertz CT molecular complexity index is 878. The lowest BCUT2D eigenvalue weighted by Gasteiger charge is -2.31. The van der Waals surface area contributed by atoms with Gasteiger partial charge in [0.05, 0.1) is 11.0 Å². The first-order valence-corrected chi connectivity index (χ1v) is 8.92. The van der Waals surface area contributed by atoms with Crippen LogP contribution in [0.25, 0.3) is 0 Å². The van der Waals surface area contributed by atoms with Crippen molar-refractivity contribution in [3.05, 3.63) is 82.4 Å².